The van der Waals surface area contributed by atoms with E-state index in [0.29, 0.717) is 5.96 Å². The van der Waals surface area contributed by atoms with Gasteiger partial charge in [0.1, 0.15) is 0 Å². The molecule has 0 saturated carbocycles. The molecule has 0 aromatic carbocycles. The number of guanidine groups is 2. The fraction of sp³-hybridized carbons (Fsp3) is 0.750. The van der Waals surface area contributed by atoms with E-state index in [4.69, 9.17) is 11.5 Å². The van der Waals surface area contributed by atoms with Crippen molar-refractivity contribution in [1.82, 2.24) is 4.90 Å². The monoisotopic (exact) mass is 185 g/mol. The SMILES string of the molecule is CN(C)C(N)=NC(N)=NC(C)(C)C. The van der Waals surface area contributed by atoms with Crippen LogP contribution < -0.4 is 11.5 Å². The molecule has 0 radical (unpaired) electrons. The lowest BCUT2D eigenvalue weighted by atomic mass is 10.1. The quantitative estimate of drug-likeness (QED) is 0.411. The van der Waals surface area contributed by atoms with Crippen molar-refractivity contribution in [2.75, 3.05) is 14.1 Å². The highest BCUT2D eigenvalue weighted by molar-refractivity contribution is 5.93. The van der Waals surface area contributed by atoms with Crippen molar-refractivity contribution in [2.45, 2.75) is 26.3 Å². The summed E-state index contributed by atoms with van der Waals surface area (Å²) in [6.45, 7) is 5.84. The lowest BCUT2D eigenvalue weighted by Gasteiger charge is -2.13. The van der Waals surface area contributed by atoms with E-state index in [1.54, 1.807) is 19.0 Å². The molecule has 0 aliphatic carbocycles. The van der Waals surface area contributed by atoms with Crippen LogP contribution in [0.5, 0.6) is 0 Å². The molecule has 5 heteroatoms. The molecular weight excluding hydrogens is 166 g/mol. The summed E-state index contributed by atoms with van der Waals surface area (Å²) >= 11 is 0. The van der Waals surface area contributed by atoms with Gasteiger partial charge in [0.15, 0.2) is 5.96 Å². The molecule has 13 heavy (non-hydrogen) atoms. The van der Waals surface area contributed by atoms with E-state index in [9.17, 15) is 0 Å². The molecule has 0 aliphatic rings. The smallest absolute Gasteiger partial charge is 0.219 e. The summed E-state index contributed by atoms with van der Waals surface area (Å²) in [6.07, 6.45) is 0. The van der Waals surface area contributed by atoms with Gasteiger partial charge in [0.25, 0.3) is 0 Å². The summed E-state index contributed by atoms with van der Waals surface area (Å²) in [5, 5.41) is 0. The van der Waals surface area contributed by atoms with Gasteiger partial charge in [-0.15, -0.1) is 0 Å². The lowest BCUT2D eigenvalue weighted by Crippen LogP contribution is -2.33. The van der Waals surface area contributed by atoms with E-state index in [1.165, 1.54) is 0 Å². The third-order valence-corrected chi connectivity index (χ3v) is 1.14. The van der Waals surface area contributed by atoms with Gasteiger partial charge >= 0.3 is 0 Å². The normalized spacial score (nSPS) is 14.5. The third-order valence-electron chi connectivity index (χ3n) is 1.14. The van der Waals surface area contributed by atoms with Crippen LogP contribution in [0, 0.1) is 0 Å². The lowest BCUT2D eigenvalue weighted by molar-refractivity contribution is 0.580. The number of nitrogens with zero attached hydrogens (tertiary/aromatic N) is 3. The Morgan fingerprint density at radius 2 is 1.62 bits per heavy atom. The first-order chi connectivity index (χ1) is 5.72. The third kappa shape index (κ3) is 5.95. The van der Waals surface area contributed by atoms with Crippen molar-refractivity contribution >= 4 is 11.9 Å². The summed E-state index contributed by atoms with van der Waals surface area (Å²) in [5.41, 5.74) is 10.9. The van der Waals surface area contributed by atoms with Gasteiger partial charge in [0.05, 0.1) is 5.54 Å². The highest BCUT2D eigenvalue weighted by Gasteiger charge is 2.07. The van der Waals surface area contributed by atoms with E-state index in [2.05, 4.69) is 9.98 Å². The van der Waals surface area contributed by atoms with E-state index in [1.807, 2.05) is 20.8 Å². The summed E-state index contributed by atoms with van der Waals surface area (Å²) in [4.78, 5) is 9.71. The van der Waals surface area contributed by atoms with Gasteiger partial charge in [-0.05, 0) is 20.8 Å². The molecule has 0 unspecified atom stereocenters. The van der Waals surface area contributed by atoms with Crippen LogP contribution in [0.2, 0.25) is 0 Å². The molecule has 0 atom stereocenters. The van der Waals surface area contributed by atoms with Gasteiger partial charge in [-0.1, -0.05) is 0 Å². The fourth-order valence-electron chi connectivity index (χ4n) is 0.586. The molecule has 0 fully saturated rings. The Balaban J connectivity index is 4.55. The zero-order valence-electron chi connectivity index (χ0n) is 9.00. The molecule has 0 spiro atoms. The Bertz CT molecular complexity index is 221. The van der Waals surface area contributed by atoms with E-state index in [-0.39, 0.29) is 11.5 Å². The Morgan fingerprint density at radius 3 is 1.92 bits per heavy atom. The Labute approximate surface area is 79.5 Å². The first-order valence-electron chi connectivity index (χ1n) is 4.09. The minimum Gasteiger partial charge on any atom is -0.369 e. The zero-order valence-corrected chi connectivity index (χ0v) is 9.00. The van der Waals surface area contributed by atoms with Gasteiger partial charge in [0.2, 0.25) is 5.96 Å². The predicted molar refractivity (Wildman–Crippen MR) is 56.7 cm³/mol. The van der Waals surface area contributed by atoms with Gasteiger partial charge in [-0.2, -0.15) is 4.99 Å². The van der Waals surface area contributed by atoms with Gasteiger partial charge in [-0.3, -0.25) is 0 Å². The molecule has 5 nitrogen and oxygen atoms in total. The Kier molecular flexibility index (Phi) is 3.71. The summed E-state index contributed by atoms with van der Waals surface area (Å²) < 4.78 is 0. The molecule has 76 valence electrons. The highest BCUT2D eigenvalue weighted by atomic mass is 15.2. The number of rotatable bonds is 0. The van der Waals surface area contributed by atoms with Gasteiger partial charge < -0.3 is 16.4 Å². The second-order valence-corrected chi connectivity index (χ2v) is 4.01. The maximum absolute atomic E-state index is 5.55. The number of hydrogen-bond acceptors (Lipinski definition) is 1. The molecule has 0 amide bonds. The first kappa shape index (κ1) is 11.7. The molecular formula is C8H19N5. The van der Waals surface area contributed by atoms with E-state index < -0.39 is 0 Å². The topological polar surface area (TPSA) is 80.0 Å². The molecule has 0 aromatic rings. The molecule has 0 aliphatic heterocycles. The molecule has 0 aromatic heterocycles. The van der Waals surface area contributed by atoms with Crippen LogP contribution in [0.15, 0.2) is 9.98 Å². The molecule has 0 rings (SSSR count). The van der Waals surface area contributed by atoms with Crippen LogP contribution in [0.4, 0.5) is 0 Å². The number of nitrogens with two attached hydrogens (primary N) is 2. The highest BCUT2D eigenvalue weighted by Crippen LogP contribution is 2.05. The van der Waals surface area contributed by atoms with Crippen LogP contribution in [0.1, 0.15) is 20.8 Å². The van der Waals surface area contributed by atoms with Crippen molar-refractivity contribution in [1.29, 1.82) is 0 Å². The number of hydrogen-bond donors (Lipinski definition) is 2. The summed E-state index contributed by atoms with van der Waals surface area (Å²) in [5.74, 6) is 0.559. The minimum absolute atomic E-state index is 0.207. The largest absolute Gasteiger partial charge is 0.369 e. The maximum atomic E-state index is 5.55. The standard InChI is InChI=1S/C8H19N5/c1-8(2,3)12-6(9)11-7(10)13(4)5/h1-5H3,(H4,9,10,11,12). The first-order valence-corrected chi connectivity index (χ1v) is 4.09. The average Bonchev–Trinajstić information content (AvgIpc) is 1.81. The van der Waals surface area contributed by atoms with Gasteiger partial charge in [-0.25, -0.2) is 4.99 Å². The van der Waals surface area contributed by atoms with Crippen LogP contribution >= 0.6 is 0 Å². The molecule has 0 bridgehead atoms. The predicted octanol–water partition coefficient (Wildman–Crippen LogP) is -0.0241. The van der Waals surface area contributed by atoms with Gasteiger partial charge in [0, 0.05) is 14.1 Å². The Morgan fingerprint density at radius 1 is 1.15 bits per heavy atom. The van der Waals surface area contributed by atoms with Crippen LogP contribution in [-0.4, -0.2) is 36.5 Å². The second kappa shape index (κ2) is 4.11. The van der Waals surface area contributed by atoms with Crippen molar-refractivity contribution in [3.8, 4) is 0 Å². The van der Waals surface area contributed by atoms with Crippen molar-refractivity contribution in [2.24, 2.45) is 21.5 Å². The molecule has 4 N–H and O–H groups in total. The number of aliphatic imine (C=N–C) groups is 2. The molecule has 0 heterocycles. The van der Waals surface area contributed by atoms with Crippen LogP contribution in [0.25, 0.3) is 0 Å². The van der Waals surface area contributed by atoms with Crippen molar-refractivity contribution < 1.29 is 0 Å². The zero-order chi connectivity index (χ0) is 10.6. The molecule has 0 saturated heterocycles. The van der Waals surface area contributed by atoms with Crippen LogP contribution in [0.3, 0.4) is 0 Å². The average molecular weight is 185 g/mol. The fourth-order valence-corrected chi connectivity index (χ4v) is 0.586. The van der Waals surface area contributed by atoms with Crippen molar-refractivity contribution in [3.05, 3.63) is 0 Å². The van der Waals surface area contributed by atoms with E-state index >= 15 is 0 Å². The Hall–Kier alpha value is -1.26. The second-order valence-electron chi connectivity index (χ2n) is 4.01. The summed E-state index contributed by atoms with van der Waals surface area (Å²) in [6, 6.07) is 0. The van der Waals surface area contributed by atoms with Crippen molar-refractivity contribution in [3.63, 3.8) is 0 Å². The summed E-state index contributed by atoms with van der Waals surface area (Å²) in [7, 11) is 3.59. The minimum atomic E-state index is -0.222. The maximum Gasteiger partial charge on any atom is 0.219 e. The van der Waals surface area contributed by atoms with Crippen LogP contribution in [-0.2, 0) is 0 Å². The van der Waals surface area contributed by atoms with E-state index in [0.717, 1.165) is 0 Å².